The number of aliphatic hydroxyl groups excluding tert-OH is 2. The first-order valence-electron chi connectivity index (χ1n) is 7.32. The zero-order valence-electron chi connectivity index (χ0n) is 15.0. The molecular formula is C13H32N6O7. The molecule has 0 aliphatic rings. The van der Waals surface area contributed by atoms with Gasteiger partial charge in [0.15, 0.2) is 5.96 Å². The lowest BCUT2D eigenvalue weighted by Gasteiger charge is -2.03. The van der Waals surface area contributed by atoms with Crippen molar-refractivity contribution in [1.29, 1.82) is 0 Å². The number of guanidine groups is 1. The summed E-state index contributed by atoms with van der Waals surface area (Å²) in [6.07, 6.45) is 0.396. The molecule has 0 saturated heterocycles. The van der Waals surface area contributed by atoms with Crippen molar-refractivity contribution in [3.63, 3.8) is 0 Å². The number of carbonyl (C=O) groups excluding carboxylic acids is 1. The smallest absolute Gasteiger partial charge is 0.320 e. The predicted molar refractivity (Wildman–Crippen MR) is 95.8 cm³/mol. The second kappa shape index (κ2) is 22.5. The summed E-state index contributed by atoms with van der Waals surface area (Å²) in [6.45, 7) is 2.84. The Labute approximate surface area is 151 Å². The second-order valence-corrected chi connectivity index (χ2v) is 4.63. The molecule has 0 spiro atoms. The van der Waals surface area contributed by atoms with Gasteiger partial charge in [-0.05, 0) is 19.8 Å². The van der Waals surface area contributed by atoms with E-state index in [9.17, 15) is 14.4 Å². The maximum atomic E-state index is 10.2. The van der Waals surface area contributed by atoms with Crippen LogP contribution < -0.4 is 28.7 Å². The van der Waals surface area contributed by atoms with Crippen molar-refractivity contribution >= 4 is 23.8 Å². The van der Waals surface area contributed by atoms with Crippen molar-refractivity contribution in [2.75, 3.05) is 19.7 Å². The van der Waals surface area contributed by atoms with Crippen molar-refractivity contribution in [1.82, 2.24) is 0 Å². The molecule has 0 bridgehead atoms. The molecule has 0 aromatic heterocycles. The molecule has 0 aromatic rings. The first-order chi connectivity index (χ1) is 11.8. The molecule has 0 rings (SSSR count). The predicted octanol–water partition coefficient (Wildman–Crippen LogP) is -3.67. The zero-order chi connectivity index (χ0) is 21.7. The van der Waals surface area contributed by atoms with Crippen LogP contribution in [0.3, 0.4) is 0 Å². The van der Waals surface area contributed by atoms with Gasteiger partial charge in [-0.3, -0.25) is 19.4 Å². The van der Waals surface area contributed by atoms with E-state index < -0.39 is 24.1 Å². The summed E-state index contributed by atoms with van der Waals surface area (Å²) < 4.78 is 0. The first kappa shape index (κ1) is 31.3. The lowest BCUT2D eigenvalue weighted by Crippen LogP contribution is -2.30. The Hall–Kier alpha value is -2.48. The van der Waals surface area contributed by atoms with Gasteiger partial charge in [-0.2, -0.15) is 0 Å². The maximum Gasteiger partial charge on any atom is 0.320 e. The fourth-order valence-electron chi connectivity index (χ4n) is 0.643. The summed E-state index contributed by atoms with van der Waals surface area (Å²) in [5.74, 6) is -2.29. The van der Waals surface area contributed by atoms with Gasteiger partial charge in [0.2, 0.25) is 5.91 Å². The number of hydrogen-bond acceptors (Lipinski definition) is 8. The summed E-state index contributed by atoms with van der Waals surface area (Å²) >= 11 is 0. The summed E-state index contributed by atoms with van der Waals surface area (Å²) in [4.78, 5) is 32.4. The van der Waals surface area contributed by atoms with Crippen LogP contribution in [0.4, 0.5) is 0 Å². The highest BCUT2D eigenvalue weighted by molar-refractivity contribution is 5.75. The molecule has 0 fully saturated rings. The van der Waals surface area contributed by atoms with Gasteiger partial charge < -0.3 is 49.1 Å². The van der Waals surface area contributed by atoms with Gasteiger partial charge in [0.1, 0.15) is 6.04 Å². The Morgan fingerprint density at radius 2 is 1.46 bits per heavy atom. The highest BCUT2D eigenvalue weighted by Gasteiger charge is 2.09. The minimum absolute atomic E-state index is 0.0129. The minimum Gasteiger partial charge on any atom is -0.480 e. The van der Waals surface area contributed by atoms with Gasteiger partial charge in [0.25, 0.3) is 0 Å². The van der Waals surface area contributed by atoms with Crippen molar-refractivity contribution < 1.29 is 34.8 Å². The van der Waals surface area contributed by atoms with Crippen molar-refractivity contribution in [3.05, 3.63) is 0 Å². The summed E-state index contributed by atoms with van der Waals surface area (Å²) in [6, 6.07) is -0.820. The standard InChI is InChI=1S/C6H14N4O2.C3H8O2.C2H5NO2.C2H5NO/c7-4(5(11)12)2-1-3-10-6(8)9;1-3(5)2-4;3-1-2(4)5;1-2(3)4/h4H,1-3,7H2,(H,11,12)(H4,8,9,10);3-5H,2H2,1H3;1,3H2,(H,4,5);1H3,(H2,3,4). The summed E-state index contributed by atoms with van der Waals surface area (Å²) in [7, 11) is 0. The van der Waals surface area contributed by atoms with E-state index in [4.69, 9.17) is 37.6 Å². The molecular weight excluding hydrogens is 352 g/mol. The van der Waals surface area contributed by atoms with E-state index in [1.165, 1.54) is 13.8 Å². The number of carboxylic acid groups (broad SMARTS) is 2. The minimum atomic E-state index is -1.00. The van der Waals surface area contributed by atoms with E-state index in [2.05, 4.69) is 16.5 Å². The third-order valence-electron chi connectivity index (χ3n) is 1.72. The molecule has 0 aromatic carbocycles. The van der Waals surface area contributed by atoms with Crippen LogP contribution in [0.25, 0.3) is 0 Å². The van der Waals surface area contributed by atoms with Crippen LogP contribution in [-0.4, -0.2) is 76.1 Å². The molecule has 2 atom stereocenters. The second-order valence-electron chi connectivity index (χ2n) is 4.63. The van der Waals surface area contributed by atoms with Crippen LogP contribution in [-0.2, 0) is 14.4 Å². The third kappa shape index (κ3) is 57.8. The number of amides is 1. The summed E-state index contributed by atoms with van der Waals surface area (Å²) in [5, 5.41) is 32.0. The van der Waals surface area contributed by atoms with Crippen molar-refractivity contribution in [3.8, 4) is 0 Å². The average Bonchev–Trinajstić information content (AvgIpc) is 2.51. The highest BCUT2D eigenvalue weighted by atomic mass is 16.4. The van der Waals surface area contributed by atoms with E-state index in [1.807, 2.05) is 0 Å². The maximum absolute atomic E-state index is 10.2. The molecule has 13 nitrogen and oxygen atoms in total. The Morgan fingerprint density at radius 1 is 1.12 bits per heavy atom. The van der Waals surface area contributed by atoms with Gasteiger partial charge >= 0.3 is 11.9 Å². The molecule has 0 aliphatic heterocycles. The van der Waals surface area contributed by atoms with Gasteiger partial charge in [0, 0.05) is 13.5 Å². The lowest BCUT2D eigenvalue weighted by molar-refractivity contribution is -0.138. The number of rotatable bonds is 7. The Balaban J connectivity index is -0.000000143. The van der Waals surface area contributed by atoms with Gasteiger partial charge in [0.05, 0.1) is 19.3 Å². The number of nitrogens with zero attached hydrogens (tertiary/aromatic N) is 1. The van der Waals surface area contributed by atoms with E-state index in [1.54, 1.807) is 0 Å². The fraction of sp³-hybridized carbons (Fsp3) is 0.692. The molecule has 2 unspecified atom stereocenters. The number of aliphatic imine (C=N–C) groups is 1. The van der Waals surface area contributed by atoms with Crippen LogP contribution in [0.1, 0.15) is 26.7 Å². The highest BCUT2D eigenvalue weighted by Crippen LogP contribution is 1.94. The number of aliphatic carboxylic acids is 2. The van der Waals surface area contributed by atoms with E-state index in [0.717, 1.165) is 0 Å². The van der Waals surface area contributed by atoms with E-state index in [-0.39, 0.29) is 25.0 Å². The molecule has 0 radical (unpaired) electrons. The number of carboxylic acids is 2. The molecule has 156 valence electrons. The van der Waals surface area contributed by atoms with Gasteiger partial charge in [-0.25, -0.2) is 0 Å². The fourth-order valence-corrected chi connectivity index (χ4v) is 0.643. The average molecular weight is 384 g/mol. The largest absolute Gasteiger partial charge is 0.480 e. The quantitative estimate of drug-likeness (QED) is 0.117. The van der Waals surface area contributed by atoms with E-state index >= 15 is 0 Å². The Bertz CT molecular complexity index is 396. The number of primary amides is 1. The van der Waals surface area contributed by atoms with Crippen LogP contribution >= 0.6 is 0 Å². The Kier molecular flexibility index (Phi) is 27.1. The molecule has 0 aliphatic carbocycles. The molecule has 13 heteroatoms. The topological polar surface area (TPSA) is 275 Å². The molecule has 14 N–H and O–H groups in total. The van der Waals surface area contributed by atoms with Crippen LogP contribution in [0.2, 0.25) is 0 Å². The lowest BCUT2D eigenvalue weighted by atomic mass is 10.2. The Morgan fingerprint density at radius 3 is 1.65 bits per heavy atom. The number of hydrogen-bond donors (Lipinski definition) is 9. The molecule has 1 amide bonds. The van der Waals surface area contributed by atoms with Crippen LogP contribution in [0, 0.1) is 0 Å². The molecule has 0 saturated carbocycles. The van der Waals surface area contributed by atoms with Crippen molar-refractivity contribution in [2.45, 2.75) is 38.8 Å². The van der Waals surface area contributed by atoms with Gasteiger partial charge in [-0.15, -0.1) is 0 Å². The normalized spacial score (nSPS) is 10.8. The number of nitrogens with two attached hydrogens (primary N) is 5. The SMILES string of the molecule is CC(N)=O.CC(O)CO.NC(N)=NCCCC(N)C(=O)O.NCC(=O)O. The first-order valence-corrected chi connectivity index (χ1v) is 7.32. The zero-order valence-corrected chi connectivity index (χ0v) is 15.0. The number of aliphatic hydroxyl groups is 2. The van der Waals surface area contributed by atoms with Crippen molar-refractivity contribution in [2.24, 2.45) is 33.7 Å². The van der Waals surface area contributed by atoms with Crippen LogP contribution in [0.15, 0.2) is 4.99 Å². The summed E-state index contributed by atoms with van der Waals surface area (Å²) in [5.41, 5.74) is 24.4. The van der Waals surface area contributed by atoms with Crippen LogP contribution in [0.5, 0.6) is 0 Å². The molecule has 26 heavy (non-hydrogen) atoms. The third-order valence-corrected chi connectivity index (χ3v) is 1.72. The monoisotopic (exact) mass is 384 g/mol. The number of carbonyl (C=O) groups is 3. The van der Waals surface area contributed by atoms with E-state index in [0.29, 0.717) is 19.4 Å². The van der Waals surface area contributed by atoms with Gasteiger partial charge in [-0.1, -0.05) is 0 Å². The molecule has 0 heterocycles.